The molecule has 0 heterocycles. The molecule has 5 heteroatoms. The molecule has 0 unspecified atom stereocenters. The number of hydrogen-bond acceptors (Lipinski definition) is 4. The Morgan fingerprint density at radius 1 is 1.19 bits per heavy atom. The summed E-state index contributed by atoms with van der Waals surface area (Å²) in [5, 5.41) is 9.26. The van der Waals surface area contributed by atoms with Gasteiger partial charge in [0.25, 0.3) is 0 Å². The molecule has 0 spiro atoms. The Hall–Kier alpha value is -1.10. The maximum Gasteiger partial charge on any atom is 0.404 e. The highest BCUT2D eigenvalue weighted by molar-refractivity contribution is 6.61. The number of nitrogens with two attached hydrogens (primary N) is 1. The van der Waals surface area contributed by atoms with Crippen LogP contribution in [-0.4, -0.2) is 22.7 Å². The first-order valence-corrected chi connectivity index (χ1v) is 7.75. The van der Waals surface area contributed by atoms with Gasteiger partial charge < -0.3 is 15.6 Å². The van der Waals surface area contributed by atoms with E-state index < -0.39 is 5.43 Å². The molecule has 21 heavy (non-hydrogen) atoms. The van der Waals surface area contributed by atoms with Gasteiger partial charge in [0, 0.05) is 17.6 Å². The van der Waals surface area contributed by atoms with Gasteiger partial charge in [-0.25, -0.2) is 4.79 Å². The molecule has 1 aliphatic rings. The molecule has 0 radical (unpaired) electrons. The second kappa shape index (κ2) is 10.6. The molecule has 0 aromatic heterocycles. The fraction of sp³-hybridized carbons (Fsp3) is 0.562. The minimum atomic E-state index is -0.770. The van der Waals surface area contributed by atoms with Crippen LogP contribution < -0.4 is 5.73 Å². The van der Waals surface area contributed by atoms with Crippen molar-refractivity contribution in [3.8, 4) is 0 Å². The highest BCUT2D eigenvalue weighted by Crippen LogP contribution is 2.15. The molecule has 0 bridgehead atoms. The zero-order valence-corrected chi connectivity index (χ0v) is 13.0. The third-order valence-corrected chi connectivity index (χ3v) is 3.53. The van der Waals surface area contributed by atoms with Crippen LogP contribution in [0.4, 0.5) is 4.79 Å². The molecule has 3 N–H and O–H groups in total. The Morgan fingerprint density at radius 2 is 1.76 bits per heavy atom. The van der Waals surface area contributed by atoms with Gasteiger partial charge in [-0.1, -0.05) is 30.3 Å². The largest absolute Gasteiger partial charge is 0.449 e. The third-order valence-electron chi connectivity index (χ3n) is 3.42. The minimum absolute atomic E-state index is 0.0486. The molecule has 0 saturated heterocycles. The van der Waals surface area contributed by atoms with Crippen molar-refractivity contribution in [1.82, 2.24) is 0 Å². The number of benzene rings is 1. The van der Waals surface area contributed by atoms with Crippen molar-refractivity contribution in [2.75, 3.05) is 0 Å². The molecule has 1 aliphatic carbocycles. The van der Waals surface area contributed by atoms with Crippen molar-refractivity contribution in [3.63, 3.8) is 0 Å². The van der Waals surface area contributed by atoms with Gasteiger partial charge in [-0.3, -0.25) is 0 Å². The van der Waals surface area contributed by atoms with Crippen LogP contribution in [-0.2, 0) is 11.3 Å². The first-order valence-electron chi connectivity index (χ1n) is 7.37. The van der Waals surface area contributed by atoms with E-state index in [-0.39, 0.29) is 12.7 Å². The fourth-order valence-electron chi connectivity index (χ4n) is 2.23. The molecule has 0 aliphatic heterocycles. The summed E-state index contributed by atoms with van der Waals surface area (Å²) in [5.74, 6) is 0. The Morgan fingerprint density at radius 3 is 2.29 bits per heavy atom. The summed E-state index contributed by atoms with van der Waals surface area (Å²) >= 11 is 4.97. The Balaban J connectivity index is 0.000000211. The highest BCUT2D eigenvalue weighted by Gasteiger charge is 2.11. The van der Waals surface area contributed by atoms with Crippen molar-refractivity contribution in [3.05, 3.63) is 35.9 Å². The quantitative estimate of drug-likeness (QED) is 0.818. The number of aliphatic hydroxyl groups is 1. The summed E-state index contributed by atoms with van der Waals surface area (Å²) < 4.78 is 4.55. The molecule has 1 fully saturated rings. The number of carbonyl (C=O) groups is 1. The molecular weight excluding hydrogens is 290 g/mol. The predicted octanol–water partition coefficient (Wildman–Crippen LogP) is 3.59. The average Bonchev–Trinajstić information content (AvgIpc) is 2.45. The Kier molecular flexibility index (Phi) is 9.06. The second-order valence-electron chi connectivity index (χ2n) is 5.29. The molecule has 1 aromatic rings. The van der Waals surface area contributed by atoms with E-state index in [1.54, 1.807) is 0 Å². The van der Waals surface area contributed by atoms with Crippen LogP contribution in [0.15, 0.2) is 30.3 Å². The molecule has 118 valence electrons. The molecular formula is C16H24ClNO3. The molecule has 2 rings (SSSR count). The van der Waals surface area contributed by atoms with Crippen molar-refractivity contribution < 1.29 is 14.6 Å². The first kappa shape index (κ1) is 18.0. The number of ether oxygens (including phenoxy) is 1. The van der Waals surface area contributed by atoms with E-state index in [4.69, 9.17) is 17.3 Å². The Labute approximate surface area is 131 Å². The minimum Gasteiger partial charge on any atom is -0.449 e. The lowest BCUT2D eigenvalue weighted by Gasteiger charge is -2.18. The number of aliphatic hydroxyl groups excluding tert-OH is 1. The molecule has 1 saturated carbocycles. The van der Waals surface area contributed by atoms with Gasteiger partial charge >= 0.3 is 5.43 Å². The molecule has 1 aromatic carbocycles. The monoisotopic (exact) mass is 313 g/mol. The third kappa shape index (κ3) is 9.45. The lowest BCUT2D eigenvalue weighted by molar-refractivity contribution is 0.139. The van der Waals surface area contributed by atoms with Crippen LogP contribution >= 0.6 is 11.6 Å². The predicted molar refractivity (Wildman–Crippen MR) is 84.2 cm³/mol. The lowest BCUT2D eigenvalue weighted by atomic mass is 9.96. The van der Waals surface area contributed by atoms with E-state index in [9.17, 15) is 9.90 Å². The summed E-state index contributed by atoms with van der Waals surface area (Å²) in [6, 6.07) is 9.76. The van der Waals surface area contributed by atoms with Gasteiger partial charge in [0.1, 0.15) is 6.61 Å². The SMILES string of the molecule is NC1CCCC(O)CCC1.O=C(Cl)OCc1ccccc1. The molecule has 0 atom stereocenters. The fourth-order valence-corrected chi connectivity index (χ4v) is 2.29. The van der Waals surface area contributed by atoms with E-state index in [1.165, 1.54) is 0 Å². The van der Waals surface area contributed by atoms with Gasteiger partial charge in [0.2, 0.25) is 0 Å². The zero-order chi connectivity index (χ0) is 15.5. The van der Waals surface area contributed by atoms with E-state index >= 15 is 0 Å². The molecule has 0 amide bonds. The second-order valence-corrected chi connectivity index (χ2v) is 5.60. The van der Waals surface area contributed by atoms with Crippen LogP contribution in [0, 0.1) is 0 Å². The van der Waals surface area contributed by atoms with E-state index in [2.05, 4.69) is 4.74 Å². The number of halogens is 1. The standard InChI is InChI=1S/C8H7ClO2.C8H17NO/c9-8(10)11-6-7-4-2-1-3-5-7;9-7-3-1-5-8(10)6-2-4-7/h1-5H,6H2;7-8,10H,1-6,9H2. The number of hydrogen-bond donors (Lipinski definition) is 2. The van der Waals surface area contributed by atoms with Crippen LogP contribution in [0.2, 0.25) is 0 Å². The van der Waals surface area contributed by atoms with E-state index in [0.29, 0.717) is 6.04 Å². The van der Waals surface area contributed by atoms with E-state index in [1.807, 2.05) is 30.3 Å². The van der Waals surface area contributed by atoms with Crippen LogP contribution in [0.5, 0.6) is 0 Å². The zero-order valence-electron chi connectivity index (χ0n) is 12.2. The normalized spacial score (nSPS) is 22.2. The van der Waals surface area contributed by atoms with Crippen LogP contribution in [0.1, 0.15) is 44.1 Å². The summed E-state index contributed by atoms with van der Waals surface area (Å²) in [5.41, 5.74) is 5.93. The van der Waals surface area contributed by atoms with Gasteiger partial charge in [-0.15, -0.1) is 0 Å². The smallest absolute Gasteiger partial charge is 0.404 e. The lowest BCUT2D eigenvalue weighted by Crippen LogP contribution is -2.23. The van der Waals surface area contributed by atoms with Crippen LogP contribution in [0.3, 0.4) is 0 Å². The maximum absolute atomic E-state index is 10.2. The molecule has 4 nitrogen and oxygen atoms in total. The van der Waals surface area contributed by atoms with Gasteiger partial charge in [-0.2, -0.15) is 0 Å². The number of carbonyl (C=O) groups excluding carboxylic acids is 1. The summed E-state index contributed by atoms with van der Waals surface area (Å²) in [6.07, 6.45) is 6.24. The van der Waals surface area contributed by atoms with E-state index in [0.717, 1.165) is 44.1 Å². The summed E-state index contributed by atoms with van der Waals surface area (Å²) in [4.78, 5) is 10.2. The van der Waals surface area contributed by atoms with Crippen LogP contribution in [0.25, 0.3) is 0 Å². The number of rotatable bonds is 2. The van der Waals surface area contributed by atoms with Gasteiger partial charge in [0.05, 0.1) is 6.10 Å². The summed E-state index contributed by atoms with van der Waals surface area (Å²) in [6.45, 7) is 0.239. The van der Waals surface area contributed by atoms with Crippen molar-refractivity contribution in [2.24, 2.45) is 5.73 Å². The van der Waals surface area contributed by atoms with Crippen molar-refractivity contribution >= 4 is 17.0 Å². The topological polar surface area (TPSA) is 72.5 Å². The summed E-state index contributed by atoms with van der Waals surface area (Å²) in [7, 11) is 0. The van der Waals surface area contributed by atoms with Crippen molar-refractivity contribution in [1.29, 1.82) is 0 Å². The highest BCUT2D eigenvalue weighted by atomic mass is 35.5. The van der Waals surface area contributed by atoms with Crippen molar-refractivity contribution in [2.45, 2.75) is 57.3 Å². The Bertz CT molecular complexity index is 380. The average molecular weight is 314 g/mol. The van der Waals surface area contributed by atoms with Gasteiger partial charge in [-0.05, 0) is 44.1 Å². The maximum atomic E-state index is 10.2. The first-order chi connectivity index (χ1) is 10.1. The van der Waals surface area contributed by atoms with Gasteiger partial charge in [0.15, 0.2) is 0 Å².